The van der Waals surface area contributed by atoms with Gasteiger partial charge in [-0.05, 0) is 47.6 Å². The monoisotopic (exact) mass is 466 g/mol. The van der Waals surface area contributed by atoms with Gasteiger partial charge in [0.25, 0.3) is 0 Å². The van der Waals surface area contributed by atoms with Gasteiger partial charge in [-0.2, -0.15) is 0 Å². The van der Waals surface area contributed by atoms with Crippen LogP contribution in [0.3, 0.4) is 0 Å². The van der Waals surface area contributed by atoms with E-state index in [1.54, 1.807) is 24.3 Å². The highest BCUT2D eigenvalue weighted by molar-refractivity contribution is 7.58. The molecule has 3 unspecified atom stereocenters. The molecule has 0 heterocycles. The summed E-state index contributed by atoms with van der Waals surface area (Å²) in [5.74, 6) is -1.98. The Morgan fingerprint density at radius 2 is 1.58 bits per heavy atom. The molecule has 5 heteroatoms. The van der Waals surface area contributed by atoms with Crippen molar-refractivity contribution in [3.8, 4) is 0 Å². The molecular weight excluding hydrogens is 431 g/mol. The van der Waals surface area contributed by atoms with Crippen LogP contribution in [-0.2, 0) is 15.8 Å². The average molecular weight is 467 g/mol. The van der Waals surface area contributed by atoms with E-state index in [1.165, 1.54) is 16.3 Å². The van der Waals surface area contributed by atoms with E-state index in [9.17, 15) is 19.4 Å². The molecule has 2 N–H and O–H groups in total. The van der Waals surface area contributed by atoms with E-state index in [1.807, 2.05) is 18.2 Å². The Morgan fingerprint density at radius 1 is 0.879 bits per heavy atom. The van der Waals surface area contributed by atoms with Crippen LogP contribution < -0.4 is 0 Å². The molecule has 0 aliphatic carbocycles. The molecule has 0 bridgehead atoms. The zero-order chi connectivity index (χ0) is 23.7. The second kappa shape index (κ2) is 12.2. The molecule has 33 heavy (non-hydrogen) atoms. The summed E-state index contributed by atoms with van der Waals surface area (Å²) in [4.78, 5) is 23.3. The first-order valence-electron chi connectivity index (χ1n) is 12.0. The molecule has 0 spiro atoms. The highest BCUT2D eigenvalue weighted by Gasteiger charge is 2.41. The van der Waals surface area contributed by atoms with Crippen LogP contribution in [0.5, 0.6) is 0 Å². The maximum atomic E-state index is 13.5. The van der Waals surface area contributed by atoms with E-state index in [0.29, 0.717) is 18.4 Å². The number of carboxylic acids is 1. The average Bonchev–Trinajstić information content (AvgIpc) is 2.82. The van der Waals surface area contributed by atoms with E-state index >= 15 is 0 Å². The SMILES string of the molecule is CCCCCC(C(C(=O)O)c1ccccc1)P(=O)(O)CCCCc1cccc2ccccc12. The van der Waals surface area contributed by atoms with Gasteiger partial charge >= 0.3 is 5.97 Å². The summed E-state index contributed by atoms with van der Waals surface area (Å²) in [6.07, 6.45) is 5.52. The van der Waals surface area contributed by atoms with Crippen LogP contribution in [0.4, 0.5) is 0 Å². The van der Waals surface area contributed by atoms with Gasteiger partial charge in [0.15, 0.2) is 0 Å². The minimum absolute atomic E-state index is 0.158. The maximum absolute atomic E-state index is 13.5. The summed E-state index contributed by atoms with van der Waals surface area (Å²) in [6.45, 7) is 2.08. The number of fused-ring (bicyclic) bond motifs is 1. The highest BCUT2D eigenvalue weighted by Crippen LogP contribution is 2.54. The largest absolute Gasteiger partial charge is 0.481 e. The van der Waals surface area contributed by atoms with Crippen molar-refractivity contribution >= 4 is 24.1 Å². The van der Waals surface area contributed by atoms with Crippen molar-refractivity contribution in [3.63, 3.8) is 0 Å². The Hall–Kier alpha value is -2.42. The molecule has 0 saturated heterocycles. The predicted octanol–water partition coefficient (Wildman–Crippen LogP) is 7.25. The number of hydrogen-bond donors (Lipinski definition) is 2. The molecule has 176 valence electrons. The number of aryl methyl sites for hydroxylation is 1. The third-order valence-electron chi connectivity index (χ3n) is 6.49. The lowest BCUT2D eigenvalue weighted by Gasteiger charge is -2.29. The Morgan fingerprint density at radius 3 is 2.30 bits per heavy atom. The molecule has 0 radical (unpaired) electrons. The van der Waals surface area contributed by atoms with E-state index in [-0.39, 0.29) is 6.16 Å². The van der Waals surface area contributed by atoms with Crippen LogP contribution in [0.1, 0.15) is 62.5 Å². The number of rotatable bonds is 13. The Labute approximate surface area is 197 Å². The zero-order valence-electron chi connectivity index (χ0n) is 19.4. The minimum atomic E-state index is -3.67. The van der Waals surface area contributed by atoms with Crippen LogP contribution in [0.25, 0.3) is 10.8 Å². The molecule has 4 nitrogen and oxygen atoms in total. The molecule has 0 aliphatic heterocycles. The van der Waals surface area contributed by atoms with Gasteiger partial charge in [-0.1, -0.05) is 99.0 Å². The Kier molecular flexibility index (Phi) is 9.29. The number of carboxylic acid groups (broad SMARTS) is 1. The highest BCUT2D eigenvalue weighted by atomic mass is 31.2. The summed E-state index contributed by atoms with van der Waals surface area (Å²) in [5.41, 5.74) is 1.09. The minimum Gasteiger partial charge on any atom is -0.481 e. The van der Waals surface area contributed by atoms with Gasteiger partial charge in [-0.15, -0.1) is 0 Å². The van der Waals surface area contributed by atoms with Crippen LogP contribution in [0.2, 0.25) is 0 Å². The van der Waals surface area contributed by atoms with Crippen molar-refractivity contribution in [1.82, 2.24) is 0 Å². The lowest BCUT2D eigenvalue weighted by Crippen LogP contribution is -2.27. The van der Waals surface area contributed by atoms with Crippen molar-refractivity contribution in [1.29, 1.82) is 0 Å². The van der Waals surface area contributed by atoms with Crippen molar-refractivity contribution < 1.29 is 19.4 Å². The summed E-state index contributed by atoms with van der Waals surface area (Å²) in [5, 5.41) is 12.4. The summed E-state index contributed by atoms with van der Waals surface area (Å²) >= 11 is 0. The third kappa shape index (κ3) is 6.79. The van der Waals surface area contributed by atoms with Crippen LogP contribution in [0.15, 0.2) is 72.8 Å². The molecule has 3 aromatic rings. The van der Waals surface area contributed by atoms with Gasteiger partial charge in [0.05, 0.1) is 11.6 Å². The number of benzene rings is 3. The predicted molar refractivity (Wildman–Crippen MR) is 136 cm³/mol. The second-order valence-corrected chi connectivity index (χ2v) is 11.5. The van der Waals surface area contributed by atoms with Gasteiger partial charge in [0.1, 0.15) is 0 Å². The molecule has 3 rings (SSSR count). The van der Waals surface area contributed by atoms with Crippen molar-refractivity contribution in [2.45, 2.75) is 63.4 Å². The van der Waals surface area contributed by atoms with Crippen LogP contribution in [0, 0.1) is 0 Å². The molecule has 3 atom stereocenters. The van der Waals surface area contributed by atoms with E-state index in [4.69, 9.17) is 0 Å². The fourth-order valence-corrected chi connectivity index (χ4v) is 7.08. The number of aliphatic carboxylic acids is 1. The van der Waals surface area contributed by atoms with E-state index in [2.05, 4.69) is 37.3 Å². The Bertz CT molecular complexity index is 1070. The quantitative estimate of drug-likeness (QED) is 0.205. The van der Waals surface area contributed by atoms with Crippen molar-refractivity contribution in [3.05, 3.63) is 83.9 Å². The first-order chi connectivity index (χ1) is 15.9. The van der Waals surface area contributed by atoms with Crippen molar-refractivity contribution in [2.24, 2.45) is 0 Å². The van der Waals surface area contributed by atoms with Gasteiger partial charge in [-0.25, -0.2) is 0 Å². The lowest BCUT2D eigenvalue weighted by molar-refractivity contribution is -0.139. The smallest absolute Gasteiger partial charge is 0.311 e. The second-order valence-electron chi connectivity index (χ2n) is 8.86. The number of carbonyl (C=O) groups is 1. The van der Waals surface area contributed by atoms with Gasteiger partial charge in [-0.3, -0.25) is 9.36 Å². The van der Waals surface area contributed by atoms with Crippen LogP contribution >= 0.6 is 7.37 Å². The number of unbranched alkanes of at least 4 members (excludes halogenated alkanes) is 3. The normalized spacial score (nSPS) is 15.1. The molecule has 0 amide bonds. The summed E-state index contributed by atoms with van der Waals surface area (Å²) in [6, 6.07) is 23.5. The van der Waals surface area contributed by atoms with E-state index < -0.39 is 24.9 Å². The van der Waals surface area contributed by atoms with Gasteiger partial charge < -0.3 is 10.00 Å². The first kappa shape index (κ1) is 25.2. The summed E-state index contributed by atoms with van der Waals surface area (Å²) < 4.78 is 13.5. The topological polar surface area (TPSA) is 74.6 Å². The fourth-order valence-electron chi connectivity index (χ4n) is 4.72. The van der Waals surface area contributed by atoms with Crippen molar-refractivity contribution in [2.75, 3.05) is 6.16 Å². The molecule has 0 aromatic heterocycles. The fraction of sp³-hybridized carbons (Fsp3) is 0.393. The number of hydrogen-bond acceptors (Lipinski definition) is 2. The molecular formula is C28H35O4P. The van der Waals surface area contributed by atoms with Crippen LogP contribution in [-0.4, -0.2) is 27.8 Å². The maximum Gasteiger partial charge on any atom is 0.311 e. The lowest BCUT2D eigenvalue weighted by atomic mass is 9.92. The molecule has 3 aromatic carbocycles. The molecule has 0 fully saturated rings. The zero-order valence-corrected chi connectivity index (χ0v) is 20.3. The third-order valence-corrected chi connectivity index (χ3v) is 9.04. The van der Waals surface area contributed by atoms with E-state index in [0.717, 1.165) is 32.1 Å². The Balaban J connectivity index is 1.71. The van der Waals surface area contributed by atoms with Gasteiger partial charge in [0.2, 0.25) is 7.37 Å². The first-order valence-corrected chi connectivity index (χ1v) is 13.9. The standard InChI is InChI=1S/C28H35O4P/c1-2-3-5-20-26(27(28(29)30)24-15-6-4-7-16-24)33(31,32)21-11-10-14-23-18-12-17-22-13-8-9-19-25(22)23/h4,6-9,12-13,15-19,26-27H,2-3,5,10-11,14,20-21H2,1H3,(H,29,30)(H,31,32). The molecule has 0 saturated carbocycles. The summed E-state index contributed by atoms with van der Waals surface area (Å²) in [7, 11) is -3.67. The van der Waals surface area contributed by atoms with Gasteiger partial charge in [0, 0.05) is 6.16 Å². The molecule has 0 aliphatic rings.